The molecule has 0 spiro atoms. The van der Waals surface area contributed by atoms with Crippen molar-refractivity contribution < 1.29 is 23.5 Å². The van der Waals surface area contributed by atoms with Gasteiger partial charge in [-0.3, -0.25) is 14.4 Å². The summed E-state index contributed by atoms with van der Waals surface area (Å²) in [4.78, 5) is 38.1. The molecule has 2 aromatic carbocycles. The smallest absolute Gasteiger partial charge is 0.310 e. The van der Waals surface area contributed by atoms with Crippen LogP contribution in [-0.4, -0.2) is 44.0 Å². The van der Waals surface area contributed by atoms with E-state index in [9.17, 15) is 18.8 Å². The van der Waals surface area contributed by atoms with Crippen molar-refractivity contribution in [1.29, 1.82) is 0 Å². The van der Waals surface area contributed by atoms with Gasteiger partial charge in [0.1, 0.15) is 24.2 Å². The van der Waals surface area contributed by atoms with Crippen molar-refractivity contribution in [2.24, 2.45) is 0 Å². The maximum Gasteiger partial charge on any atom is 0.310 e. The quantitative estimate of drug-likeness (QED) is 0.770. The zero-order valence-electron chi connectivity index (χ0n) is 15.3. The Balaban J connectivity index is 1.54. The molecule has 2 aromatic rings. The van der Waals surface area contributed by atoms with Crippen LogP contribution in [0.1, 0.15) is 5.56 Å². The standard InChI is InChI=1S/C20H20FN3O4/c1-24-16-7-2-3-8-17(16)28-12-15(20(24)27)23-19(26)18(25)22-10-9-13-5-4-6-14(21)11-13/h2-8,11,15H,9-10,12H2,1H3,(H,22,25)(H,23,26)/t15-/m0/s1. The summed E-state index contributed by atoms with van der Waals surface area (Å²) < 4.78 is 18.7. The molecule has 1 atom stereocenters. The van der Waals surface area contributed by atoms with E-state index in [-0.39, 0.29) is 24.9 Å². The maximum atomic E-state index is 13.1. The minimum absolute atomic E-state index is 0.0809. The van der Waals surface area contributed by atoms with Gasteiger partial charge >= 0.3 is 11.8 Å². The zero-order valence-corrected chi connectivity index (χ0v) is 15.3. The van der Waals surface area contributed by atoms with Gasteiger partial charge in [0, 0.05) is 13.6 Å². The molecule has 8 heteroatoms. The number of anilines is 1. The number of carbonyl (C=O) groups is 3. The van der Waals surface area contributed by atoms with Crippen LogP contribution >= 0.6 is 0 Å². The van der Waals surface area contributed by atoms with Crippen molar-refractivity contribution in [2.45, 2.75) is 12.5 Å². The summed E-state index contributed by atoms with van der Waals surface area (Å²) in [5.41, 5.74) is 1.29. The second-order valence-corrected chi connectivity index (χ2v) is 6.34. The van der Waals surface area contributed by atoms with Crippen LogP contribution in [0.3, 0.4) is 0 Å². The molecule has 146 valence electrons. The van der Waals surface area contributed by atoms with Gasteiger partial charge in [-0.2, -0.15) is 0 Å². The molecule has 28 heavy (non-hydrogen) atoms. The summed E-state index contributed by atoms with van der Waals surface area (Å²) in [6, 6.07) is 12.0. The van der Waals surface area contributed by atoms with E-state index in [1.54, 1.807) is 43.4 Å². The van der Waals surface area contributed by atoms with Gasteiger partial charge in [-0.25, -0.2) is 4.39 Å². The summed E-state index contributed by atoms with van der Waals surface area (Å²) in [7, 11) is 1.58. The third kappa shape index (κ3) is 4.46. The van der Waals surface area contributed by atoms with E-state index in [0.29, 0.717) is 23.4 Å². The molecular formula is C20H20FN3O4. The second-order valence-electron chi connectivity index (χ2n) is 6.34. The molecular weight excluding hydrogens is 365 g/mol. The summed E-state index contributed by atoms with van der Waals surface area (Å²) in [5, 5.41) is 4.86. The molecule has 0 unspecified atom stereocenters. The van der Waals surface area contributed by atoms with Crippen molar-refractivity contribution in [1.82, 2.24) is 10.6 Å². The Morgan fingerprint density at radius 1 is 1.18 bits per heavy atom. The number of para-hydroxylation sites is 2. The minimum atomic E-state index is -0.987. The third-order valence-electron chi connectivity index (χ3n) is 4.36. The topological polar surface area (TPSA) is 87.7 Å². The van der Waals surface area contributed by atoms with E-state index in [1.807, 2.05) is 0 Å². The molecule has 0 bridgehead atoms. The predicted molar refractivity (Wildman–Crippen MR) is 100 cm³/mol. The lowest BCUT2D eigenvalue weighted by Gasteiger charge is -2.20. The molecule has 0 saturated heterocycles. The van der Waals surface area contributed by atoms with Crippen LogP contribution in [0, 0.1) is 5.82 Å². The maximum absolute atomic E-state index is 13.1. The normalized spacial score (nSPS) is 15.9. The molecule has 1 aliphatic rings. The van der Waals surface area contributed by atoms with E-state index in [2.05, 4.69) is 10.6 Å². The molecule has 0 fully saturated rings. The molecule has 2 N–H and O–H groups in total. The molecule has 0 saturated carbocycles. The highest BCUT2D eigenvalue weighted by molar-refractivity contribution is 6.35. The van der Waals surface area contributed by atoms with Crippen molar-refractivity contribution in [2.75, 3.05) is 25.1 Å². The Bertz CT molecular complexity index is 903. The average Bonchev–Trinajstić information content (AvgIpc) is 2.80. The number of likely N-dealkylation sites (N-methyl/N-ethyl adjacent to an activating group) is 1. The molecule has 1 heterocycles. The molecule has 7 nitrogen and oxygen atoms in total. The van der Waals surface area contributed by atoms with Crippen LogP contribution < -0.4 is 20.3 Å². The second kappa shape index (κ2) is 8.51. The molecule has 3 amide bonds. The van der Waals surface area contributed by atoms with Gasteiger partial charge in [0.05, 0.1) is 5.69 Å². The summed E-state index contributed by atoms with van der Waals surface area (Å²) >= 11 is 0. The first-order valence-corrected chi connectivity index (χ1v) is 8.78. The van der Waals surface area contributed by atoms with Crippen molar-refractivity contribution in [3.05, 3.63) is 59.9 Å². The number of amides is 3. The minimum Gasteiger partial charge on any atom is -0.489 e. The van der Waals surface area contributed by atoms with Gasteiger partial charge < -0.3 is 20.3 Å². The fourth-order valence-electron chi connectivity index (χ4n) is 2.87. The van der Waals surface area contributed by atoms with Gasteiger partial charge in [-0.1, -0.05) is 24.3 Å². The van der Waals surface area contributed by atoms with Gasteiger partial charge in [0.15, 0.2) is 0 Å². The van der Waals surface area contributed by atoms with E-state index in [4.69, 9.17) is 4.74 Å². The van der Waals surface area contributed by atoms with Crippen LogP contribution in [0.25, 0.3) is 0 Å². The van der Waals surface area contributed by atoms with Gasteiger partial charge in [0.25, 0.3) is 5.91 Å². The highest BCUT2D eigenvalue weighted by Gasteiger charge is 2.31. The Hall–Kier alpha value is -3.42. The third-order valence-corrected chi connectivity index (χ3v) is 4.36. The lowest BCUT2D eigenvalue weighted by atomic mass is 10.1. The number of fused-ring (bicyclic) bond motifs is 1. The SMILES string of the molecule is CN1C(=O)[C@@H](NC(=O)C(=O)NCCc2cccc(F)c2)COc2ccccc21. The van der Waals surface area contributed by atoms with Crippen molar-refractivity contribution in [3.8, 4) is 5.75 Å². The van der Waals surface area contributed by atoms with Crippen molar-refractivity contribution in [3.63, 3.8) is 0 Å². The van der Waals surface area contributed by atoms with Crippen LogP contribution in [0.5, 0.6) is 5.75 Å². The van der Waals surface area contributed by atoms with E-state index in [0.717, 1.165) is 0 Å². The summed E-state index contributed by atoms with van der Waals surface area (Å²) in [6.45, 7) is 0.0820. The fourth-order valence-corrected chi connectivity index (χ4v) is 2.87. The molecule has 0 aliphatic carbocycles. The zero-order chi connectivity index (χ0) is 20.1. The molecule has 0 aromatic heterocycles. The monoisotopic (exact) mass is 385 g/mol. The van der Waals surface area contributed by atoms with Crippen LogP contribution in [0.15, 0.2) is 48.5 Å². The lowest BCUT2D eigenvalue weighted by molar-refractivity contribution is -0.140. The first kappa shape index (κ1) is 19.3. The number of ether oxygens (including phenoxy) is 1. The van der Waals surface area contributed by atoms with Crippen molar-refractivity contribution >= 4 is 23.4 Å². The summed E-state index contributed by atoms with van der Waals surface area (Å²) in [5.74, 6) is -2.02. The Kier molecular flexibility index (Phi) is 5.88. The number of hydrogen-bond acceptors (Lipinski definition) is 4. The highest BCUT2D eigenvalue weighted by Crippen LogP contribution is 2.29. The van der Waals surface area contributed by atoms with Crippen LogP contribution in [0.4, 0.5) is 10.1 Å². The number of benzene rings is 2. The van der Waals surface area contributed by atoms with Gasteiger partial charge in [-0.15, -0.1) is 0 Å². The fraction of sp³-hybridized carbons (Fsp3) is 0.250. The highest BCUT2D eigenvalue weighted by atomic mass is 19.1. The van der Waals surface area contributed by atoms with E-state index in [1.165, 1.54) is 17.0 Å². The number of rotatable bonds is 4. The molecule has 3 rings (SSSR count). The Morgan fingerprint density at radius 3 is 2.75 bits per heavy atom. The van der Waals surface area contributed by atoms with E-state index >= 15 is 0 Å². The van der Waals surface area contributed by atoms with Gasteiger partial charge in [-0.05, 0) is 36.2 Å². The number of nitrogens with zero attached hydrogens (tertiary/aromatic N) is 1. The average molecular weight is 385 g/mol. The Labute approximate surface area is 161 Å². The summed E-state index contributed by atoms with van der Waals surface area (Å²) in [6.07, 6.45) is 0.375. The predicted octanol–water partition coefficient (Wildman–Crippen LogP) is 1.02. The first-order valence-electron chi connectivity index (χ1n) is 8.78. The number of halogens is 1. The Morgan fingerprint density at radius 2 is 1.96 bits per heavy atom. The van der Waals surface area contributed by atoms with E-state index < -0.39 is 17.9 Å². The number of hydrogen-bond donors (Lipinski definition) is 2. The van der Waals surface area contributed by atoms with Crippen LogP contribution in [-0.2, 0) is 20.8 Å². The first-order chi connectivity index (χ1) is 13.5. The van der Waals surface area contributed by atoms with Gasteiger partial charge in [0.2, 0.25) is 0 Å². The lowest BCUT2D eigenvalue weighted by Crippen LogP contribution is -2.53. The molecule has 0 radical (unpaired) electrons. The number of carbonyl (C=O) groups excluding carboxylic acids is 3. The molecule has 1 aliphatic heterocycles. The number of nitrogens with one attached hydrogen (secondary N) is 2. The largest absolute Gasteiger partial charge is 0.489 e. The van der Waals surface area contributed by atoms with Crippen LogP contribution in [0.2, 0.25) is 0 Å².